The van der Waals surface area contributed by atoms with Crippen molar-refractivity contribution < 1.29 is 4.74 Å². The molecule has 3 atom stereocenters. The van der Waals surface area contributed by atoms with Gasteiger partial charge in [0.1, 0.15) is 0 Å². The maximum atomic E-state index is 6.22. The molecule has 3 fully saturated rings. The van der Waals surface area contributed by atoms with E-state index in [1.807, 2.05) is 0 Å². The van der Waals surface area contributed by atoms with Gasteiger partial charge < -0.3 is 15.8 Å². The molecule has 3 aliphatic rings. The van der Waals surface area contributed by atoms with Crippen LogP contribution in [0.2, 0.25) is 0 Å². The zero-order valence-corrected chi connectivity index (χ0v) is 16.7. The summed E-state index contributed by atoms with van der Waals surface area (Å²) in [5.74, 6) is 1.13. The number of benzene rings is 1. The van der Waals surface area contributed by atoms with E-state index in [-0.39, 0.29) is 29.4 Å². The molecule has 0 amide bonds. The number of hydrogen-bond acceptors (Lipinski definition) is 2. The van der Waals surface area contributed by atoms with Crippen LogP contribution >= 0.6 is 24.0 Å². The predicted octanol–water partition coefficient (Wildman–Crippen LogP) is 3.94. The van der Waals surface area contributed by atoms with Gasteiger partial charge in [-0.1, -0.05) is 31.9 Å². The molecular weight excluding hydrogens is 413 g/mol. The van der Waals surface area contributed by atoms with Crippen LogP contribution in [-0.2, 0) is 11.2 Å². The number of anilines is 1. The van der Waals surface area contributed by atoms with Crippen LogP contribution in [0.5, 0.6) is 0 Å². The number of rotatable bonds is 3. The summed E-state index contributed by atoms with van der Waals surface area (Å²) in [6, 6.07) is 8.78. The van der Waals surface area contributed by atoms with Crippen molar-refractivity contribution in [2.24, 2.45) is 22.1 Å². The SMILES string of the molecule is CCc1ccc(NC(N)=NC2C3CCOC3C23CCCC3)cc1.I. The minimum Gasteiger partial charge on any atom is -0.377 e. The van der Waals surface area contributed by atoms with E-state index in [1.54, 1.807) is 0 Å². The molecule has 0 aromatic heterocycles. The fraction of sp³-hybridized carbons (Fsp3) is 0.632. The Morgan fingerprint density at radius 1 is 1.29 bits per heavy atom. The van der Waals surface area contributed by atoms with Crippen LogP contribution in [0.15, 0.2) is 29.3 Å². The van der Waals surface area contributed by atoms with Gasteiger partial charge in [0, 0.05) is 23.6 Å². The van der Waals surface area contributed by atoms with Crippen LogP contribution in [0.4, 0.5) is 5.69 Å². The van der Waals surface area contributed by atoms with Crippen LogP contribution in [0.3, 0.4) is 0 Å². The molecular formula is C19H28IN3O. The number of nitrogens with one attached hydrogen (secondary N) is 1. The highest BCUT2D eigenvalue weighted by Crippen LogP contribution is 2.62. The smallest absolute Gasteiger partial charge is 0.193 e. The number of fused-ring (bicyclic) bond motifs is 2. The number of nitrogens with two attached hydrogens (primary N) is 1. The molecule has 1 heterocycles. The molecule has 0 bridgehead atoms. The monoisotopic (exact) mass is 441 g/mol. The Hall–Kier alpha value is -0.820. The van der Waals surface area contributed by atoms with Gasteiger partial charge in [-0.25, -0.2) is 4.99 Å². The standard InChI is InChI=1S/C19H27N3O.HI/c1-2-13-5-7-14(8-6-13)21-18(20)22-16-15-9-12-23-17(15)19(16)10-3-4-11-19;/h5-8,15-17H,2-4,9-12H2,1H3,(H3,20,21,22);1H. The van der Waals surface area contributed by atoms with Gasteiger partial charge in [-0.15, -0.1) is 24.0 Å². The van der Waals surface area contributed by atoms with Gasteiger partial charge in [-0.2, -0.15) is 0 Å². The molecule has 0 radical (unpaired) electrons. The van der Waals surface area contributed by atoms with E-state index >= 15 is 0 Å². The lowest BCUT2D eigenvalue weighted by atomic mass is 9.54. The van der Waals surface area contributed by atoms with Crippen LogP contribution in [0, 0.1) is 11.3 Å². The van der Waals surface area contributed by atoms with E-state index in [1.165, 1.54) is 31.2 Å². The second-order valence-corrected chi connectivity index (χ2v) is 7.32. The van der Waals surface area contributed by atoms with Gasteiger partial charge in [-0.3, -0.25) is 0 Å². The number of ether oxygens (including phenoxy) is 1. The summed E-state index contributed by atoms with van der Waals surface area (Å²) in [5.41, 5.74) is 8.85. The average molecular weight is 441 g/mol. The third-order valence-corrected chi connectivity index (χ3v) is 6.15. The molecule has 2 saturated carbocycles. The molecule has 4 nitrogen and oxygen atoms in total. The fourth-order valence-corrected chi connectivity index (χ4v) is 4.99. The topological polar surface area (TPSA) is 59.6 Å². The number of halogens is 1. The highest BCUT2D eigenvalue weighted by atomic mass is 127. The van der Waals surface area contributed by atoms with E-state index in [2.05, 4.69) is 36.5 Å². The minimum absolute atomic E-state index is 0. The van der Waals surface area contributed by atoms with E-state index in [0.29, 0.717) is 24.0 Å². The number of aryl methyl sites for hydroxylation is 1. The van der Waals surface area contributed by atoms with Crippen LogP contribution in [-0.4, -0.2) is 24.7 Å². The summed E-state index contributed by atoms with van der Waals surface area (Å²) in [5, 5.41) is 3.27. The summed E-state index contributed by atoms with van der Waals surface area (Å²) in [6.45, 7) is 3.06. The quantitative estimate of drug-likeness (QED) is 0.425. The van der Waals surface area contributed by atoms with Crippen LogP contribution in [0.1, 0.15) is 44.6 Å². The van der Waals surface area contributed by atoms with Crippen LogP contribution < -0.4 is 11.1 Å². The summed E-state index contributed by atoms with van der Waals surface area (Å²) >= 11 is 0. The first kappa shape index (κ1) is 18.0. The molecule has 1 saturated heterocycles. The number of nitrogens with zero attached hydrogens (tertiary/aromatic N) is 1. The minimum atomic E-state index is 0. The maximum Gasteiger partial charge on any atom is 0.193 e. The zero-order chi connectivity index (χ0) is 15.9. The zero-order valence-electron chi connectivity index (χ0n) is 14.3. The molecule has 2 aliphatic carbocycles. The second-order valence-electron chi connectivity index (χ2n) is 7.32. The van der Waals surface area contributed by atoms with Crippen molar-refractivity contribution in [2.75, 3.05) is 11.9 Å². The molecule has 132 valence electrons. The highest BCUT2D eigenvalue weighted by molar-refractivity contribution is 14.0. The van der Waals surface area contributed by atoms with E-state index in [0.717, 1.165) is 25.1 Å². The molecule has 24 heavy (non-hydrogen) atoms. The average Bonchev–Trinajstić information content (AvgIpc) is 3.22. The number of aliphatic imine (C=N–C) groups is 1. The van der Waals surface area contributed by atoms with Gasteiger partial charge in [0.2, 0.25) is 0 Å². The van der Waals surface area contributed by atoms with Gasteiger partial charge in [0.05, 0.1) is 12.1 Å². The van der Waals surface area contributed by atoms with Crippen LogP contribution in [0.25, 0.3) is 0 Å². The van der Waals surface area contributed by atoms with Gasteiger partial charge in [0.15, 0.2) is 5.96 Å². The largest absolute Gasteiger partial charge is 0.377 e. The number of hydrogen-bond donors (Lipinski definition) is 2. The van der Waals surface area contributed by atoms with Crippen molar-refractivity contribution >= 4 is 35.6 Å². The van der Waals surface area contributed by atoms with Crippen molar-refractivity contribution in [2.45, 2.75) is 57.6 Å². The van der Waals surface area contributed by atoms with Crippen molar-refractivity contribution in [3.63, 3.8) is 0 Å². The van der Waals surface area contributed by atoms with E-state index < -0.39 is 0 Å². The van der Waals surface area contributed by atoms with Gasteiger partial charge >= 0.3 is 0 Å². The molecule has 5 heteroatoms. The lowest BCUT2D eigenvalue weighted by Gasteiger charge is -2.54. The Kier molecular flexibility index (Phi) is 5.39. The highest BCUT2D eigenvalue weighted by Gasteiger charge is 2.65. The second kappa shape index (κ2) is 7.20. The summed E-state index contributed by atoms with van der Waals surface area (Å²) in [4.78, 5) is 4.90. The lowest BCUT2D eigenvalue weighted by Crippen LogP contribution is -2.61. The van der Waals surface area contributed by atoms with E-state index in [4.69, 9.17) is 15.5 Å². The van der Waals surface area contributed by atoms with Gasteiger partial charge in [0.25, 0.3) is 0 Å². The molecule has 4 rings (SSSR count). The molecule has 1 aromatic rings. The first-order valence-corrected chi connectivity index (χ1v) is 9.04. The Morgan fingerprint density at radius 2 is 2.00 bits per heavy atom. The molecule has 3 N–H and O–H groups in total. The first-order valence-electron chi connectivity index (χ1n) is 9.04. The van der Waals surface area contributed by atoms with Crippen molar-refractivity contribution in [3.8, 4) is 0 Å². The predicted molar refractivity (Wildman–Crippen MR) is 109 cm³/mol. The summed E-state index contributed by atoms with van der Waals surface area (Å²) in [7, 11) is 0. The molecule has 1 aromatic carbocycles. The van der Waals surface area contributed by atoms with E-state index in [9.17, 15) is 0 Å². The third-order valence-electron chi connectivity index (χ3n) is 6.15. The van der Waals surface area contributed by atoms with Gasteiger partial charge in [-0.05, 0) is 43.4 Å². The third kappa shape index (κ3) is 2.94. The Bertz CT molecular complexity index is 595. The fourth-order valence-electron chi connectivity index (χ4n) is 4.99. The first-order chi connectivity index (χ1) is 11.2. The lowest BCUT2D eigenvalue weighted by molar-refractivity contribution is -0.117. The normalized spacial score (nSPS) is 30.5. The Morgan fingerprint density at radius 3 is 2.67 bits per heavy atom. The molecule has 3 unspecified atom stereocenters. The molecule has 1 aliphatic heterocycles. The Labute approximate surface area is 161 Å². The molecule has 1 spiro atoms. The van der Waals surface area contributed by atoms with Crippen molar-refractivity contribution in [1.29, 1.82) is 0 Å². The summed E-state index contributed by atoms with van der Waals surface area (Å²) in [6.07, 6.45) is 7.75. The Balaban J connectivity index is 0.00000169. The summed E-state index contributed by atoms with van der Waals surface area (Å²) < 4.78 is 6.01. The maximum absolute atomic E-state index is 6.22. The number of guanidine groups is 1. The van der Waals surface area contributed by atoms with Crippen molar-refractivity contribution in [1.82, 2.24) is 0 Å². The van der Waals surface area contributed by atoms with Crippen molar-refractivity contribution in [3.05, 3.63) is 29.8 Å².